The number of thiophene rings is 1. The highest BCUT2D eigenvalue weighted by Gasteiger charge is 2.53. The molecule has 220 valence electrons. The average Bonchev–Trinajstić information content (AvgIpc) is 3.33. The molecule has 7 nitrogen and oxygen atoms in total. The zero-order chi connectivity index (χ0) is 29.8. The summed E-state index contributed by atoms with van der Waals surface area (Å²) in [5.41, 5.74) is 5.70. The SMILES string of the molecule is COc1ccc(C2C(C#N)=C(N)Oc3c2c(=O)[nH]c2c3sc3nc(C45CC6CC(CC(C6)C4)C5)cc(C(F)(F)F)c32)cc1. The minimum Gasteiger partial charge on any atom is -0.497 e. The molecule has 3 aromatic heterocycles. The van der Waals surface area contributed by atoms with Crippen LogP contribution in [0.1, 0.15) is 66.8 Å². The van der Waals surface area contributed by atoms with E-state index < -0.39 is 23.2 Å². The number of aromatic amines is 1. The summed E-state index contributed by atoms with van der Waals surface area (Å²) in [5, 5.41) is 9.83. The number of nitriles is 1. The van der Waals surface area contributed by atoms with E-state index >= 15 is 0 Å². The normalized spacial score (nSPS) is 27.8. The zero-order valence-electron chi connectivity index (χ0n) is 23.2. The topological polar surface area (TPSA) is 114 Å². The Balaban J connectivity index is 1.37. The van der Waals surface area contributed by atoms with Gasteiger partial charge in [-0.3, -0.25) is 4.79 Å². The summed E-state index contributed by atoms with van der Waals surface area (Å²) >= 11 is 1.06. The Morgan fingerprint density at radius 1 is 1.14 bits per heavy atom. The number of allylic oxidation sites excluding steroid dienone is 1. The average molecular weight is 605 g/mol. The highest BCUT2D eigenvalue weighted by Crippen LogP contribution is 2.61. The minimum atomic E-state index is -4.67. The number of nitrogens with zero attached hydrogens (tertiary/aromatic N) is 2. The van der Waals surface area contributed by atoms with Crippen LogP contribution in [-0.4, -0.2) is 17.1 Å². The quantitative estimate of drug-likeness (QED) is 0.264. The molecule has 4 aliphatic carbocycles. The number of fused-ring (bicyclic) bond motifs is 5. The van der Waals surface area contributed by atoms with Gasteiger partial charge in [-0.05, 0) is 80.0 Å². The molecular weight excluding hydrogens is 577 g/mol. The summed E-state index contributed by atoms with van der Waals surface area (Å²) in [7, 11) is 1.53. The van der Waals surface area contributed by atoms with E-state index in [9.17, 15) is 23.2 Å². The molecule has 11 heteroatoms. The summed E-state index contributed by atoms with van der Waals surface area (Å²) in [4.78, 5) is 21.6. The number of rotatable bonds is 3. The molecule has 0 radical (unpaired) electrons. The first-order chi connectivity index (χ1) is 20.6. The summed E-state index contributed by atoms with van der Waals surface area (Å²) in [6.45, 7) is 0. The number of H-pyrrole nitrogens is 1. The van der Waals surface area contributed by atoms with Crippen LogP contribution in [0.2, 0.25) is 0 Å². The van der Waals surface area contributed by atoms with Gasteiger partial charge >= 0.3 is 6.18 Å². The molecule has 1 aliphatic heterocycles. The maximum Gasteiger partial charge on any atom is 0.417 e. The van der Waals surface area contributed by atoms with E-state index in [1.807, 2.05) is 0 Å². The van der Waals surface area contributed by atoms with Crippen molar-refractivity contribution in [3.05, 3.63) is 74.5 Å². The van der Waals surface area contributed by atoms with Crippen molar-refractivity contribution in [1.29, 1.82) is 5.26 Å². The van der Waals surface area contributed by atoms with Crippen LogP contribution in [0.5, 0.6) is 11.5 Å². The first-order valence-electron chi connectivity index (χ1n) is 14.4. The van der Waals surface area contributed by atoms with Crippen LogP contribution in [0.15, 0.2) is 46.6 Å². The number of aromatic nitrogens is 2. The largest absolute Gasteiger partial charge is 0.497 e. The van der Waals surface area contributed by atoms with Crippen LogP contribution < -0.4 is 20.8 Å². The number of hydrogen-bond donors (Lipinski definition) is 2. The lowest BCUT2D eigenvalue weighted by Gasteiger charge is -2.56. The van der Waals surface area contributed by atoms with E-state index in [2.05, 4.69) is 11.1 Å². The van der Waals surface area contributed by atoms with Gasteiger partial charge in [0.15, 0.2) is 5.75 Å². The molecule has 1 atom stereocenters. The summed E-state index contributed by atoms with van der Waals surface area (Å²) in [5.74, 6) is 1.18. The van der Waals surface area contributed by atoms with Crippen LogP contribution in [-0.2, 0) is 11.6 Å². The Morgan fingerprint density at radius 2 is 1.79 bits per heavy atom. The Bertz CT molecular complexity index is 1930. The van der Waals surface area contributed by atoms with Crippen LogP contribution in [0, 0.1) is 29.1 Å². The van der Waals surface area contributed by atoms with Crippen LogP contribution in [0.25, 0.3) is 20.4 Å². The molecule has 0 amide bonds. The number of methoxy groups -OCH3 is 1. The van der Waals surface area contributed by atoms with Gasteiger partial charge in [-0.2, -0.15) is 18.4 Å². The van der Waals surface area contributed by atoms with Crippen molar-refractivity contribution in [2.45, 2.75) is 56.0 Å². The molecule has 4 aromatic rings. The van der Waals surface area contributed by atoms with Gasteiger partial charge in [0, 0.05) is 16.5 Å². The molecule has 5 aliphatic rings. The second kappa shape index (κ2) is 8.99. The summed E-state index contributed by atoms with van der Waals surface area (Å²) in [6.07, 6.45) is 1.44. The molecule has 3 N–H and O–H groups in total. The van der Waals surface area contributed by atoms with E-state index in [1.165, 1.54) is 13.2 Å². The monoisotopic (exact) mass is 604 g/mol. The second-order valence-corrected chi connectivity index (χ2v) is 13.6. The van der Waals surface area contributed by atoms with Crippen LogP contribution >= 0.6 is 11.3 Å². The Kier molecular flexibility index (Phi) is 5.55. The number of nitrogens with one attached hydrogen (secondary N) is 1. The van der Waals surface area contributed by atoms with Gasteiger partial charge < -0.3 is 20.2 Å². The summed E-state index contributed by atoms with van der Waals surface area (Å²) < 4.78 is 55.9. The highest BCUT2D eigenvalue weighted by atomic mass is 32.1. The van der Waals surface area contributed by atoms with Gasteiger partial charge in [-0.25, -0.2) is 4.98 Å². The van der Waals surface area contributed by atoms with E-state index in [1.54, 1.807) is 24.3 Å². The molecule has 1 unspecified atom stereocenters. The van der Waals surface area contributed by atoms with Crippen LogP contribution in [0.3, 0.4) is 0 Å². The smallest absolute Gasteiger partial charge is 0.417 e. The number of halogens is 3. The Labute approximate surface area is 248 Å². The van der Waals surface area contributed by atoms with Crippen molar-refractivity contribution in [1.82, 2.24) is 9.97 Å². The number of benzene rings is 1. The molecule has 4 fully saturated rings. The fourth-order valence-electron chi connectivity index (χ4n) is 8.77. The number of hydrogen-bond acceptors (Lipinski definition) is 7. The number of nitrogens with two attached hydrogens (primary N) is 1. The zero-order valence-corrected chi connectivity index (χ0v) is 24.0. The van der Waals surface area contributed by atoms with E-state index in [-0.39, 0.29) is 43.9 Å². The third-order valence-electron chi connectivity index (χ3n) is 10.1. The van der Waals surface area contributed by atoms with Crippen LogP contribution in [0.4, 0.5) is 13.2 Å². The van der Waals surface area contributed by atoms with Gasteiger partial charge in [0.25, 0.3) is 5.56 Å². The van der Waals surface area contributed by atoms with E-state index in [4.69, 9.17) is 20.2 Å². The molecule has 43 heavy (non-hydrogen) atoms. The highest BCUT2D eigenvalue weighted by molar-refractivity contribution is 7.25. The maximum atomic E-state index is 14.8. The minimum absolute atomic E-state index is 0.0160. The molecule has 9 rings (SSSR count). The lowest BCUT2D eigenvalue weighted by Crippen LogP contribution is -2.49. The van der Waals surface area contributed by atoms with Crippen molar-refractivity contribution >= 4 is 31.8 Å². The number of alkyl halides is 3. The predicted molar refractivity (Wildman–Crippen MR) is 155 cm³/mol. The van der Waals surface area contributed by atoms with Crippen molar-refractivity contribution in [3.63, 3.8) is 0 Å². The van der Waals surface area contributed by atoms with Crippen molar-refractivity contribution in [3.8, 4) is 17.6 Å². The fourth-order valence-corrected chi connectivity index (χ4v) is 9.92. The fraction of sp³-hybridized carbons (Fsp3) is 0.406. The van der Waals surface area contributed by atoms with Crippen molar-refractivity contribution in [2.24, 2.45) is 23.5 Å². The van der Waals surface area contributed by atoms with Gasteiger partial charge in [0.2, 0.25) is 5.88 Å². The van der Waals surface area contributed by atoms with Gasteiger partial charge in [-0.15, -0.1) is 11.3 Å². The third kappa shape index (κ3) is 3.85. The standard InChI is InChI=1S/C32H27F3N4O3S/c1-41-18-4-2-17(3-5-18)22-19(13-36)28(37)42-26-24(22)29(40)39-25-23-20(32(33,34)35)9-21(38-30(23)43-27(25)26)31-10-14-6-15(11-31)8-16(7-14)12-31/h2-5,9,14-16,22H,6-8,10-12,37H2,1H3,(H,39,40). The lowest BCUT2D eigenvalue weighted by molar-refractivity contribution is -0.136. The molecule has 0 saturated heterocycles. The van der Waals surface area contributed by atoms with Gasteiger partial charge in [-0.1, -0.05) is 12.1 Å². The Morgan fingerprint density at radius 3 is 2.37 bits per heavy atom. The molecular formula is C32H27F3N4O3S. The number of ether oxygens (including phenoxy) is 2. The third-order valence-corrected chi connectivity index (χ3v) is 11.2. The Hall–Kier alpha value is -4.04. The lowest BCUT2D eigenvalue weighted by atomic mass is 9.48. The van der Waals surface area contributed by atoms with Crippen molar-refractivity contribution in [2.75, 3.05) is 7.11 Å². The molecule has 0 spiro atoms. The first-order valence-corrected chi connectivity index (χ1v) is 15.2. The second-order valence-electron chi connectivity index (χ2n) is 12.6. The van der Waals surface area contributed by atoms with Gasteiger partial charge in [0.1, 0.15) is 22.2 Å². The molecule has 4 saturated carbocycles. The molecule has 1 aromatic carbocycles. The molecule has 4 bridgehead atoms. The summed E-state index contributed by atoms with van der Waals surface area (Å²) in [6, 6.07) is 10.1. The first kappa shape index (κ1) is 26.6. The predicted octanol–water partition coefficient (Wildman–Crippen LogP) is 6.85. The maximum absolute atomic E-state index is 14.8. The van der Waals surface area contributed by atoms with E-state index in [0.29, 0.717) is 39.5 Å². The van der Waals surface area contributed by atoms with Crippen molar-refractivity contribution < 1.29 is 22.6 Å². The van der Waals surface area contributed by atoms with E-state index in [0.717, 1.165) is 49.9 Å². The molecule has 4 heterocycles. The number of pyridine rings is 2. The van der Waals surface area contributed by atoms with Gasteiger partial charge in [0.05, 0.1) is 34.4 Å².